The Labute approximate surface area is 96.6 Å². The van der Waals surface area contributed by atoms with Crippen LogP contribution in [0.4, 0.5) is 0 Å². The van der Waals surface area contributed by atoms with Crippen molar-refractivity contribution in [3.63, 3.8) is 0 Å². The van der Waals surface area contributed by atoms with Crippen molar-refractivity contribution in [3.05, 3.63) is 28.8 Å². The van der Waals surface area contributed by atoms with Crippen molar-refractivity contribution < 1.29 is 9.53 Å². The minimum atomic E-state index is 0.233. The van der Waals surface area contributed by atoms with Gasteiger partial charge >= 0.3 is 0 Å². The molecule has 0 saturated heterocycles. The van der Waals surface area contributed by atoms with Crippen LogP contribution in [0.2, 0.25) is 0 Å². The van der Waals surface area contributed by atoms with Crippen LogP contribution < -0.4 is 4.74 Å². The van der Waals surface area contributed by atoms with Gasteiger partial charge in [0.25, 0.3) is 0 Å². The molecule has 1 aliphatic rings. The van der Waals surface area contributed by atoms with Gasteiger partial charge in [-0.1, -0.05) is 6.07 Å². The van der Waals surface area contributed by atoms with Gasteiger partial charge in [-0.05, 0) is 49.8 Å². The van der Waals surface area contributed by atoms with Crippen molar-refractivity contribution in [2.75, 3.05) is 7.11 Å². The monoisotopic (exact) mass is 218 g/mol. The number of hydrogen-bond donors (Lipinski definition) is 0. The van der Waals surface area contributed by atoms with Crippen molar-refractivity contribution in [1.29, 1.82) is 0 Å². The molecular formula is C14H18O2. The Morgan fingerprint density at radius 1 is 1.38 bits per heavy atom. The zero-order chi connectivity index (χ0) is 11.7. The maximum Gasteiger partial charge on any atom is 0.167 e. The van der Waals surface area contributed by atoms with Gasteiger partial charge in [0.1, 0.15) is 5.75 Å². The van der Waals surface area contributed by atoms with E-state index in [-0.39, 0.29) is 5.78 Å². The van der Waals surface area contributed by atoms with E-state index < -0.39 is 0 Å². The molecule has 0 heterocycles. The fourth-order valence-electron chi connectivity index (χ4n) is 2.13. The largest absolute Gasteiger partial charge is 0.496 e. The molecule has 1 saturated carbocycles. The summed E-state index contributed by atoms with van der Waals surface area (Å²) >= 11 is 0. The van der Waals surface area contributed by atoms with Crippen molar-refractivity contribution in [3.8, 4) is 5.75 Å². The summed E-state index contributed by atoms with van der Waals surface area (Å²) in [5.74, 6) is 1.58. The first-order valence-electron chi connectivity index (χ1n) is 5.80. The smallest absolute Gasteiger partial charge is 0.167 e. The molecule has 2 rings (SSSR count). The average Bonchev–Trinajstić information content (AvgIpc) is 2.99. The summed E-state index contributed by atoms with van der Waals surface area (Å²) in [5.41, 5.74) is 2.94. The van der Waals surface area contributed by atoms with Crippen LogP contribution in [-0.2, 0) is 0 Å². The Morgan fingerprint density at radius 2 is 2.06 bits per heavy atom. The number of Topliss-reactive ketones (excluding diaryl/α,β-unsaturated/α-hetero) is 1. The molecule has 86 valence electrons. The van der Waals surface area contributed by atoms with Gasteiger partial charge in [0.05, 0.1) is 12.7 Å². The molecule has 1 aromatic rings. The molecule has 0 unspecified atom stereocenters. The highest BCUT2D eigenvalue weighted by Crippen LogP contribution is 2.35. The van der Waals surface area contributed by atoms with E-state index in [9.17, 15) is 4.79 Å². The van der Waals surface area contributed by atoms with E-state index in [0.717, 1.165) is 22.4 Å². The number of methoxy groups -OCH3 is 1. The summed E-state index contributed by atoms with van der Waals surface area (Å²) in [6.45, 7) is 4.00. The normalized spacial score (nSPS) is 14.9. The van der Waals surface area contributed by atoms with Crippen LogP contribution in [0.15, 0.2) is 12.1 Å². The van der Waals surface area contributed by atoms with E-state index in [1.54, 1.807) is 7.11 Å². The minimum Gasteiger partial charge on any atom is -0.496 e. The SMILES string of the molecule is COc1cc(C)cc(C)c1C(=O)CC1CC1. The Bertz CT molecular complexity index is 417. The fourth-order valence-corrected chi connectivity index (χ4v) is 2.13. The first kappa shape index (κ1) is 11.2. The van der Waals surface area contributed by atoms with Gasteiger partial charge in [0.2, 0.25) is 0 Å². The number of hydrogen-bond acceptors (Lipinski definition) is 2. The third-order valence-corrected chi connectivity index (χ3v) is 3.11. The van der Waals surface area contributed by atoms with E-state index in [1.165, 1.54) is 12.8 Å². The second-order valence-electron chi connectivity index (χ2n) is 4.73. The fraction of sp³-hybridized carbons (Fsp3) is 0.500. The summed E-state index contributed by atoms with van der Waals surface area (Å²) in [5, 5.41) is 0. The van der Waals surface area contributed by atoms with E-state index in [4.69, 9.17) is 4.74 Å². The first-order valence-corrected chi connectivity index (χ1v) is 5.80. The zero-order valence-corrected chi connectivity index (χ0v) is 10.2. The summed E-state index contributed by atoms with van der Waals surface area (Å²) in [6, 6.07) is 3.98. The Kier molecular flexibility index (Phi) is 2.99. The standard InChI is InChI=1S/C14H18O2/c1-9-6-10(2)14(13(7-9)16-3)12(15)8-11-4-5-11/h6-7,11H,4-5,8H2,1-3H3. The summed E-state index contributed by atoms with van der Waals surface area (Å²) < 4.78 is 5.31. The molecule has 0 spiro atoms. The summed E-state index contributed by atoms with van der Waals surface area (Å²) in [7, 11) is 1.63. The highest BCUT2D eigenvalue weighted by molar-refractivity contribution is 6.00. The van der Waals surface area contributed by atoms with Gasteiger partial charge in [0, 0.05) is 6.42 Å². The number of ketones is 1. The van der Waals surface area contributed by atoms with Gasteiger partial charge in [0.15, 0.2) is 5.78 Å². The van der Waals surface area contributed by atoms with Crippen molar-refractivity contribution >= 4 is 5.78 Å². The predicted octanol–water partition coefficient (Wildman–Crippen LogP) is 3.29. The van der Waals surface area contributed by atoms with Crippen LogP contribution >= 0.6 is 0 Å². The molecule has 1 aliphatic carbocycles. The van der Waals surface area contributed by atoms with E-state index in [0.29, 0.717) is 12.3 Å². The number of carbonyl (C=O) groups is 1. The van der Waals surface area contributed by atoms with Crippen LogP contribution in [0.25, 0.3) is 0 Å². The second-order valence-corrected chi connectivity index (χ2v) is 4.73. The Morgan fingerprint density at radius 3 is 2.62 bits per heavy atom. The molecule has 16 heavy (non-hydrogen) atoms. The van der Waals surface area contributed by atoms with E-state index in [2.05, 4.69) is 0 Å². The lowest BCUT2D eigenvalue weighted by Crippen LogP contribution is -2.06. The van der Waals surface area contributed by atoms with E-state index in [1.807, 2.05) is 26.0 Å². The van der Waals surface area contributed by atoms with Gasteiger partial charge in [-0.15, -0.1) is 0 Å². The third kappa shape index (κ3) is 2.26. The Balaban J connectivity index is 2.32. The van der Waals surface area contributed by atoms with Crippen LogP contribution in [-0.4, -0.2) is 12.9 Å². The summed E-state index contributed by atoms with van der Waals surface area (Å²) in [6.07, 6.45) is 3.10. The molecule has 0 amide bonds. The maximum atomic E-state index is 12.1. The van der Waals surface area contributed by atoms with Gasteiger partial charge in [-0.2, -0.15) is 0 Å². The lowest BCUT2D eigenvalue weighted by molar-refractivity contribution is 0.0972. The highest BCUT2D eigenvalue weighted by Gasteiger charge is 2.27. The van der Waals surface area contributed by atoms with Crippen LogP contribution in [0.3, 0.4) is 0 Å². The first-order chi connectivity index (χ1) is 7.61. The van der Waals surface area contributed by atoms with Gasteiger partial charge in [-0.25, -0.2) is 0 Å². The second kappa shape index (κ2) is 4.28. The number of benzene rings is 1. The molecule has 1 fully saturated rings. The molecule has 0 aliphatic heterocycles. The third-order valence-electron chi connectivity index (χ3n) is 3.11. The molecule has 2 nitrogen and oxygen atoms in total. The number of ether oxygens (including phenoxy) is 1. The molecule has 0 N–H and O–H groups in total. The maximum absolute atomic E-state index is 12.1. The quantitative estimate of drug-likeness (QED) is 0.725. The lowest BCUT2D eigenvalue weighted by Gasteiger charge is -2.11. The zero-order valence-electron chi connectivity index (χ0n) is 10.2. The van der Waals surface area contributed by atoms with Crippen LogP contribution in [0.1, 0.15) is 40.7 Å². The molecule has 0 atom stereocenters. The van der Waals surface area contributed by atoms with Crippen molar-refractivity contribution in [2.24, 2.45) is 5.92 Å². The average molecular weight is 218 g/mol. The molecule has 0 bridgehead atoms. The van der Waals surface area contributed by atoms with Gasteiger partial charge < -0.3 is 4.74 Å². The van der Waals surface area contributed by atoms with Crippen LogP contribution in [0.5, 0.6) is 5.75 Å². The topological polar surface area (TPSA) is 26.3 Å². The highest BCUT2D eigenvalue weighted by atomic mass is 16.5. The molecule has 0 radical (unpaired) electrons. The molecule has 1 aromatic carbocycles. The summed E-state index contributed by atoms with van der Waals surface area (Å²) in [4.78, 5) is 12.1. The van der Waals surface area contributed by atoms with Crippen molar-refractivity contribution in [2.45, 2.75) is 33.1 Å². The molecule has 2 heteroatoms. The van der Waals surface area contributed by atoms with Gasteiger partial charge in [-0.3, -0.25) is 4.79 Å². The molecular weight excluding hydrogens is 200 g/mol. The number of rotatable bonds is 4. The Hall–Kier alpha value is -1.31. The molecule has 0 aromatic heterocycles. The number of aryl methyl sites for hydroxylation is 2. The van der Waals surface area contributed by atoms with E-state index >= 15 is 0 Å². The lowest BCUT2D eigenvalue weighted by atomic mass is 9.98. The number of carbonyl (C=O) groups excluding carboxylic acids is 1. The minimum absolute atomic E-state index is 0.233. The van der Waals surface area contributed by atoms with Crippen LogP contribution in [0, 0.1) is 19.8 Å². The predicted molar refractivity (Wildman–Crippen MR) is 64.1 cm³/mol. The van der Waals surface area contributed by atoms with Crippen molar-refractivity contribution in [1.82, 2.24) is 0 Å².